The lowest BCUT2D eigenvalue weighted by Gasteiger charge is -2.11. The van der Waals surface area contributed by atoms with Crippen LogP contribution < -0.4 is 16.4 Å². The number of hydrogen-bond donors (Lipinski definition) is 3. The number of benzene rings is 1. The molecule has 2 aromatic rings. The Bertz CT molecular complexity index is 670. The van der Waals surface area contributed by atoms with Gasteiger partial charge < -0.3 is 11.1 Å². The summed E-state index contributed by atoms with van der Waals surface area (Å²) in [5.41, 5.74) is 8.39. The van der Waals surface area contributed by atoms with Gasteiger partial charge in [-0.25, -0.2) is 9.79 Å². The van der Waals surface area contributed by atoms with Crippen molar-refractivity contribution < 1.29 is 4.79 Å². The number of pyridine rings is 1. The highest BCUT2D eigenvalue weighted by Crippen LogP contribution is 2.03. The Morgan fingerprint density at radius 3 is 2.70 bits per heavy atom. The third kappa shape index (κ3) is 5.78. The largest absolute Gasteiger partial charge is 0.356 e. The maximum Gasteiger partial charge on any atom is 0.318 e. The normalized spacial score (nSPS) is 11.1. The molecular weight excluding hydrogens is 290 g/mol. The van der Waals surface area contributed by atoms with Gasteiger partial charge in [0.15, 0.2) is 5.96 Å². The van der Waals surface area contributed by atoms with Crippen molar-refractivity contribution in [3.63, 3.8) is 0 Å². The van der Waals surface area contributed by atoms with Gasteiger partial charge in [0, 0.05) is 24.9 Å². The fraction of sp³-hybridized carbons (Fsp3) is 0.235. The molecule has 0 aliphatic heterocycles. The quantitative estimate of drug-likeness (QED) is 0.580. The summed E-state index contributed by atoms with van der Waals surface area (Å²) in [5, 5.41) is 5.60. The molecule has 6 heteroatoms. The Balaban J connectivity index is 1.93. The summed E-state index contributed by atoms with van der Waals surface area (Å²) >= 11 is 0. The zero-order chi connectivity index (χ0) is 16.5. The second kappa shape index (κ2) is 8.53. The van der Waals surface area contributed by atoms with Gasteiger partial charge in [0.05, 0.1) is 6.54 Å². The predicted molar refractivity (Wildman–Crippen MR) is 91.0 cm³/mol. The molecule has 120 valence electrons. The number of rotatable bonds is 5. The summed E-state index contributed by atoms with van der Waals surface area (Å²) < 4.78 is 0. The lowest BCUT2D eigenvalue weighted by atomic mass is 10.2. The van der Waals surface area contributed by atoms with Crippen molar-refractivity contribution in [1.29, 1.82) is 0 Å². The molecule has 0 atom stereocenters. The number of aliphatic imine (C=N–C) groups is 1. The molecule has 2 rings (SSSR count). The molecule has 1 heterocycles. The monoisotopic (exact) mass is 311 g/mol. The predicted octanol–water partition coefficient (Wildman–Crippen LogP) is 1.75. The van der Waals surface area contributed by atoms with Crippen molar-refractivity contribution in [3.05, 3.63) is 65.5 Å². The van der Waals surface area contributed by atoms with E-state index in [2.05, 4.69) is 20.6 Å². The third-order valence-corrected chi connectivity index (χ3v) is 3.28. The molecule has 0 spiro atoms. The molecule has 4 N–H and O–H groups in total. The zero-order valence-electron chi connectivity index (χ0n) is 13.1. The van der Waals surface area contributed by atoms with E-state index in [1.54, 1.807) is 6.20 Å². The average Bonchev–Trinajstić information content (AvgIpc) is 2.55. The van der Waals surface area contributed by atoms with E-state index in [4.69, 9.17) is 5.73 Å². The first-order valence-electron chi connectivity index (χ1n) is 7.44. The van der Waals surface area contributed by atoms with E-state index in [-0.39, 0.29) is 0 Å². The first kappa shape index (κ1) is 16.5. The third-order valence-electron chi connectivity index (χ3n) is 3.28. The van der Waals surface area contributed by atoms with Gasteiger partial charge in [0.2, 0.25) is 0 Å². The number of guanidine groups is 1. The highest BCUT2D eigenvalue weighted by Gasteiger charge is 2.03. The van der Waals surface area contributed by atoms with Crippen LogP contribution in [0.3, 0.4) is 0 Å². The standard InChI is InChI=1S/C17H21N5O/c1-13-6-5-10-19-15(13)9-11-20-17(22-16(18)23)21-12-14-7-3-2-4-8-14/h2-8,10H,9,11-12H2,1H3,(H4,18,20,21,22,23). The molecule has 1 aromatic carbocycles. The highest BCUT2D eigenvalue weighted by atomic mass is 16.2. The van der Waals surface area contributed by atoms with Gasteiger partial charge in [0.25, 0.3) is 0 Å². The molecule has 23 heavy (non-hydrogen) atoms. The van der Waals surface area contributed by atoms with Crippen LogP contribution in [0.1, 0.15) is 16.8 Å². The summed E-state index contributed by atoms with van der Waals surface area (Å²) in [7, 11) is 0. The SMILES string of the molecule is Cc1cccnc1CCNC(=NCc1ccccc1)NC(N)=O. The van der Waals surface area contributed by atoms with Crippen molar-refractivity contribution in [2.45, 2.75) is 19.9 Å². The number of carbonyl (C=O) groups is 1. The number of carbonyl (C=O) groups excluding carboxylic acids is 1. The fourth-order valence-electron chi connectivity index (χ4n) is 2.09. The van der Waals surface area contributed by atoms with Gasteiger partial charge in [0.1, 0.15) is 0 Å². The van der Waals surface area contributed by atoms with E-state index >= 15 is 0 Å². The number of hydrogen-bond acceptors (Lipinski definition) is 3. The van der Waals surface area contributed by atoms with Gasteiger partial charge in [-0.3, -0.25) is 10.3 Å². The molecule has 0 saturated carbocycles. The molecule has 0 bridgehead atoms. The number of amides is 2. The maximum absolute atomic E-state index is 11.1. The number of primary amides is 1. The summed E-state index contributed by atoms with van der Waals surface area (Å²) in [6.07, 6.45) is 2.51. The second-order valence-corrected chi connectivity index (χ2v) is 5.08. The van der Waals surface area contributed by atoms with Crippen LogP contribution in [0.2, 0.25) is 0 Å². The van der Waals surface area contributed by atoms with Crippen LogP contribution >= 0.6 is 0 Å². The Morgan fingerprint density at radius 2 is 2.00 bits per heavy atom. The summed E-state index contributed by atoms with van der Waals surface area (Å²) in [4.78, 5) is 19.8. The minimum absolute atomic E-state index is 0.370. The average molecular weight is 311 g/mol. The van der Waals surface area contributed by atoms with Gasteiger partial charge in [-0.15, -0.1) is 0 Å². The number of aromatic nitrogens is 1. The minimum Gasteiger partial charge on any atom is -0.356 e. The number of nitrogens with zero attached hydrogens (tertiary/aromatic N) is 2. The smallest absolute Gasteiger partial charge is 0.318 e. The molecule has 0 unspecified atom stereocenters. The topological polar surface area (TPSA) is 92.4 Å². The van der Waals surface area contributed by atoms with Crippen LogP contribution in [0.25, 0.3) is 0 Å². The molecular formula is C17H21N5O. The van der Waals surface area contributed by atoms with Crippen molar-refractivity contribution in [3.8, 4) is 0 Å². The van der Waals surface area contributed by atoms with Gasteiger partial charge >= 0.3 is 6.03 Å². The van der Waals surface area contributed by atoms with Crippen molar-refractivity contribution in [2.24, 2.45) is 10.7 Å². The molecule has 0 fully saturated rings. The van der Waals surface area contributed by atoms with Crippen molar-refractivity contribution in [1.82, 2.24) is 15.6 Å². The first-order chi connectivity index (χ1) is 11.1. The summed E-state index contributed by atoms with van der Waals surface area (Å²) in [6.45, 7) is 3.09. The first-order valence-corrected chi connectivity index (χ1v) is 7.44. The molecule has 0 saturated heterocycles. The van der Waals surface area contributed by atoms with Gasteiger partial charge in [-0.05, 0) is 24.1 Å². The van der Waals surface area contributed by atoms with Gasteiger partial charge in [-0.2, -0.15) is 0 Å². The van der Waals surface area contributed by atoms with Crippen LogP contribution in [0.15, 0.2) is 53.7 Å². The summed E-state index contributed by atoms with van der Waals surface area (Å²) in [5.74, 6) is 0.370. The Hall–Kier alpha value is -2.89. The van der Waals surface area contributed by atoms with Crippen LogP contribution in [-0.4, -0.2) is 23.5 Å². The lowest BCUT2D eigenvalue weighted by Crippen LogP contribution is -2.44. The molecule has 6 nitrogen and oxygen atoms in total. The van der Waals surface area contributed by atoms with E-state index in [0.29, 0.717) is 19.0 Å². The van der Waals surface area contributed by atoms with E-state index in [0.717, 1.165) is 23.2 Å². The lowest BCUT2D eigenvalue weighted by molar-refractivity contribution is 0.253. The van der Waals surface area contributed by atoms with Crippen LogP contribution in [0.5, 0.6) is 0 Å². The number of urea groups is 1. The number of nitrogens with two attached hydrogens (primary N) is 1. The molecule has 0 aliphatic rings. The highest BCUT2D eigenvalue weighted by molar-refractivity contribution is 5.95. The zero-order valence-corrected chi connectivity index (χ0v) is 13.1. The van der Waals surface area contributed by atoms with E-state index in [9.17, 15) is 4.79 Å². The van der Waals surface area contributed by atoms with Crippen LogP contribution in [0.4, 0.5) is 4.79 Å². The Morgan fingerprint density at radius 1 is 1.22 bits per heavy atom. The Labute approximate surface area is 135 Å². The number of nitrogens with one attached hydrogen (secondary N) is 2. The van der Waals surface area contributed by atoms with Crippen LogP contribution in [-0.2, 0) is 13.0 Å². The summed E-state index contributed by atoms with van der Waals surface area (Å²) in [6, 6.07) is 13.1. The molecule has 0 radical (unpaired) electrons. The van der Waals surface area contributed by atoms with Crippen molar-refractivity contribution >= 4 is 12.0 Å². The fourth-order valence-corrected chi connectivity index (χ4v) is 2.09. The van der Waals surface area contributed by atoms with Crippen LogP contribution in [0, 0.1) is 6.92 Å². The molecule has 1 aromatic heterocycles. The van der Waals surface area contributed by atoms with E-state index < -0.39 is 6.03 Å². The maximum atomic E-state index is 11.1. The number of aryl methyl sites for hydroxylation is 1. The van der Waals surface area contributed by atoms with Crippen molar-refractivity contribution in [2.75, 3.05) is 6.54 Å². The second-order valence-electron chi connectivity index (χ2n) is 5.08. The Kier molecular flexibility index (Phi) is 6.11. The molecule has 0 aliphatic carbocycles. The minimum atomic E-state index is -0.640. The van der Waals surface area contributed by atoms with E-state index in [1.807, 2.05) is 49.4 Å². The van der Waals surface area contributed by atoms with E-state index in [1.165, 1.54) is 0 Å². The molecule has 2 amide bonds. The van der Waals surface area contributed by atoms with Gasteiger partial charge in [-0.1, -0.05) is 36.4 Å².